The predicted molar refractivity (Wildman–Crippen MR) is 64.0 cm³/mol. The molecule has 0 spiro atoms. The van der Waals surface area contributed by atoms with Gasteiger partial charge in [0.05, 0.1) is 0 Å². The van der Waals surface area contributed by atoms with Gasteiger partial charge < -0.3 is 5.11 Å². The van der Waals surface area contributed by atoms with E-state index in [0.717, 1.165) is 39.0 Å². The standard InChI is InChI=1S/C9H16IN3O2/c10-12-3-5-13(6-4-12)11-9(15)8(14)7-1-2-7/h7-8,14H,1-6H2,(H,11,15). The highest BCUT2D eigenvalue weighted by molar-refractivity contribution is 14.1. The molecule has 1 saturated heterocycles. The number of rotatable bonds is 3. The lowest BCUT2D eigenvalue weighted by Gasteiger charge is -2.31. The van der Waals surface area contributed by atoms with Crippen LogP contribution in [0.2, 0.25) is 0 Å². The summed E-state index contributed by atoms with van der Waals surface area (Å²) < 4.78 is 2.19. The van der Waals surface area contributed by atoms with Crippen LogP contribution in [-0.4, -0.2) is 51.4 Å². The van der Waals surface area contributed by atoms with Crippen molar-refractivity contribution < 1.29 is 9.90 Å². The number of nitrogens with one attached hydrogen (secondary N) is 1. The summed E-state index contributed by atoms with van der Waals surface area (Å²) in [6, 6.07) is 0. The molecule has 86 valence electrons. The summed E-state index contributed by atoms with van der Waals surface area (Å²) >= 11 is 2.28. The molecule has 1 amide bonds. The zero-order valence-electron chi connectivity index (χ0n) is 8.53. The Morgan fingerprint density at radius 3 is 2.47 bits per heavy atom. The highest BCUT2D eigenvalue weighted by Gasteiger charge is 2.35. The second-order valence-electron chi connectivity index (χ2n) is 4.16. The molecule has 5 nitrogen and oxygen atoms in total. The monoisotopic (exact) mass is 325 g/mol. The number of nitrogens with zero attached hydrogens (tertiary/aromatic N) is 2. The predicted octanol–water partition coefficient (Wildman–Crippen LogP) is -0.244. The lowest BCUT2D eigenvalue weighted by Crippen LogP contribution is -2.53. The number of aliphatic hydroxyl groups excluding tert-OH is 1. The van der Waals surface area contributed by atoms with Crippen LogP contribution >= 0.6 is 22.9 Å². The third kappa shape index (κ3) is 3.27. The Hall–Kier alpha value is 0.0800. The lowest BCUT2D eigenvalue weighted by molar-refractivity contribution is -0.135. The summed E-state index contributed by atoms with van der Waals surface area (Å²) in [7, 11) is 0. The number of hydrogen-bond acceptors (Lipinski definition) is 4. The Balaban J connectivity index is 1.73. The maximum Gasteiger partial charge on any atom is 0.263 e. The van der Waals surface area contributed by atoms with E-state index in [9.17, 15) is 9.90 Å². The van der Waals surface area contributed by atoms with E-state index in [4.69, 9.17) is 0 Å². The van der Waals surface area contributed by atoms with Gasteiger partial charge in [-0.25, -0.2) is 8.12 Å². The fourth-order valence-corrected chi connectivity index (χ4v) is 2.07. The number of hydrogen-bond donors (Lipinski definition) is 2. The van der Waals surface area contributed by atoms with Crippen molar-refractivity contribution in [2.45, 2.75) is 18.9 Å². The maximum absolute atomic E-state index is 11.6. The first-order chi connectivity index (χ1) is 7.16. The summed E-state index contributed by atoms with van der Waals surface area (Å²) in [6.07, 6.45) is 1.16. The van der Waals surface area contributed by atoms with E-state index in [1.54, 1.807) is 0 Å². The Kier molecular flexibility index (Phi) is 3.81. The molecule has 0 radical (unpaired) electrons. The molecule has 15 heavy (non-hydrogen) atoms. The zero-order chi connectivity index (χ0) is 10.8. The van der Waals surface area contributed by atoms with Gasteiger partial charge in [0.15, 0.2) is 0 Å². The zero-order valence-corrected chi connectivity index (χ0v) is 10.7. The van der Waals surface area contributed by atoms with E-state index >= 15 is 0 Å². The average Bonchev–Trinajstić information content (AvgIpc) is 3.04. The van der Waals surface area contributed by atoms with Crippen LogP contribution < -0.4 is 5.43 Å². The summed E-state index contributed by atoms with van der Waals surface area (Å²) in [6.45, 7) is 3.54. The largest absolute Gasteiger partial charge is 0.383 e. The third-order valence-corrected chi connectivity index (χ3v) is 3.80. The summed E-state index contributed by atoms with van der Waals surface area (Å²) in [5, 5.41) is 11.5. The summed E-state index contributed by atoms with van der Waals surface area (Å²) in [4.78, 5) is 11.6. The van der Waals surface area contributed by atoms with Crippen molar-refractivity contribution in [1.82, 2.24) is 13.5 Å². The molecule has 2 aliphatic rings. The van der Waals surface area contributed by atoms with Crippen LogP contribution in [0.3, 0.4) is 0 Å². The Bertz CT molecular complexity index is 240. The van der Waals surface area contributed by atoms with Crippen molar-refractivity contribution in [1.29, 1.82) is 0 Å². The molecule has 1 unspecified atom stereocenters. The molecule has 0 bridgehead atoms. The molecular weight excluding hydrogens is 309 g/mol. The Morgan fingerprint density at radius 2 is 1.93 bits per heavy atom. The van der Waals surface area contributed by atoms with Gasteiger partial charge in [-0.05, 0) is 18.8 Å². The molecule has 2 fully saturated rings. The summed E-state index contributed by atoms with van der Waals surface area (Å²) in [5.41, 5.74) is 2.77. The second kappa shape index (κ2) is 4.94. The van der Waals surface area contributed by atoms with E-state index in [2.05, 4.69) is 31.4 Å². The highest BCUT2D eigenvalue weighted by Crippen LogP contribution is 2.32. The molecule has 1 saturated carbocycles. The van der Waals surface area contributed by atoms with Gasteiger partial charge in [0, 0.05) is 49.0 Å². The van der Waals surface area contributed by atoms with E-state index in [1.807, 2.05) is 5.01 Å². The number of carbonyl (C=O) groups is 1. The molecule has 2 rings (SSSR count). The van der Waals surface area contributed by atoms with Crippen molar-refractivity contribution in [3.63, 3.8) is 0 Å². The molecule has 1 aliphatic heterocycles. The minimum absolute atomic E-state index is 0.205. The Morgan fingerprint density at radius 1 is 1.33 bits per heavy atom. The third-order valence-electron chi connectivity index (χ3n) is 2.83. The van der Waals surface area contributed by atoms with Crippen LogP contribution in [0.15, 0.2) is 0 Å². The van der Waals surface area contributed by atoms with Crippen molar-refractivity contribution in [3.05, 3.63) is 0 Å². The average molecular weight is 325 g/mol. The fraction of sp³-hybridized carbons (Fsp3) is 0.889. The first-order valence-corrected chi connectivity index (χ1v) is 6.27. The van der Waals surface area contributed by atoms with Crippen LogP contribution in [0.1, 0.15) is 12.8 Å². The normalized spacial score (nSPS) is 26.3. The number of piperazine rings is 1. The lowest BCUT2D eigenvalue weighted by atomic mass is 10.2. The first-order valence-electron chi connectivity index (χ1n) is 5.31. The minimum atomic E-state index is -0.803. The van der Waals surface area contributed by atoms with Crippen LogP contribution in [0.4, 0.5) is 0 Å². The number of carbonyl (C=O) groups excluding carboxylic acids is 1. The van der Waals surface area contributed by atoms with E-state index in [-0.39, 0.29) is 11.8 Å². The molecule has 2 N–H and O–H groups in total. The van der Waals surface area contributed by atoms with Gasteiger partial charge in [-0.15, -0.1) is 0 Å². The molecule has 1 aliphatic carbocycles. The van der Waals surface area contributed by atoms with Crippen LogP contribution in [0.5, 0.6) is 0 Å². The van der Waals surface area contributed by atoms with E-state index in [1.165, 1.54) is 0 Å². The maximum atomic E-state index is 11.6. The minimum Gasteiger partial charge on any atom is -0.383 e. The number of aliphatic hydroxyl groups is 1. The topological polar surface area (TPSA) is 55.8 Å². The second-order valence-corrected chi connectivity index (χ2v) is 5.52. The number of amides is 1. The van der Waals surface area contributed by atoms with Gasteiger partial charge in [0.25, 0.3) is 5.91 Å². The van der Waals surface area contributed by atoms with E-state index < -0.39 is 6.10 Å². The van der Waals surface area contributed by atoms with Crippen molar-refractivity contribution in [2.75, 3.05) is 26.2 Å². The van der Waals surface area contributed by atoms with Gasteiger partial charge in [0.2, 0.25) is 0 Å². The van der Waals surface area contributed by atoms with Crippen molar-refractivity contribution in [3.8, 4) is 0 Å². The van der Waals surface area contributed by atoms with Crippen LogP contribution in [0.25, 0.3) is 0 Å². The molecule has 0 aromatic carbocycles. The van der Waals surface area contributed by atoms with Gasteiger partial charge in [0.1, 0.15) is 6.10 Å². The molecule has 1 atom stereocenters. The van der Waals surface area contributed by atoms with E-state index in [0.29, 0.717) is 0 Å². The van der Waals surface area contributed by atoms with Gasteiger partial charge in [-0.2, -0.15) is 0 Å². The molecule has 0 aromatic rings. The van der Waals surface area contributed by atoms with Crippen molar-refractivity contribution >= 4 is 28.8 Å². The van der Waals surface area contributed by atoms with Gasteiger partial charge in [-0.3, -0.25) is 10.2 Å². The molecule has 1 heterocycles. The molecule has 6 heteroatoms. The van der Waals surface area contributed by atoms with Crippen LogP contribution in [-0.2, 0) is 4.79 Å². The SMILES string of the molecule is O=C(NN1CCN(I)CC1)C(O)C1CC1. The smallest absolute Gasteiger partial charge is 0.263 e. The number of halogens is 1. The van der Waals surface area contributed by atoms with Crippen molar-refractivity contribution in [2.24, 2.45) is 5.92 Å². The summed E-state index contributed by atoms with van der Waals surface area (Å²) in [5.74, 6) is -0.0322. The molecular formula is C9H16IN3O2. The fourth-order valence-electron chi connectivity index (χ4n) is 1.64. The van der Waals surface area contributed by atoms with Gasteiger partial charge in [-0.1, -0.05) is 0 Å². The molecule has 0 aromatic heterocycles. The van der Waals surface area contributed by atoms with Gasteiger partial charge >= 0.3 is 0 Å². The van der Waals surface area contributed by atoms with Crippen LogP contribution in [0, 0.1) is 5.92 Å². The number of hydrazine groups is 1. The highest BCUT2D eigenvalue weighted by atomic mass is 127. The quantitative estimate of drug-likeness (QED) is 0.555. The Labute approximate surface area is 103 Å². The first kappa shape index (κ1) is 11.6.